The Morgan fingerprint density at radius 3 is 2.23 bits per heavy atom. The summed E-state index contributed by atoms with van der Waals surface area (Å²) in [7, 11) is -4.55. The molecule has 0 spiro atoms. The van der Waals surface area contributed by atoms with Gasteiger partial charge in [-0.1, -0.05) is 65.2 Å². The van der Waals surface area contributed by atoms with Crippen LogP contribution in [0.4, 0.5) is 0 Å². The highest BCUT2D eigenvalue weighted by Crippen LogP contribution is 2.46. The molecule has 2 unspecified atom stereocenters. The summed E-state index contributed by atoms with van der Waals surface area (Å²) in [5.74, 6) is 12.1. The highest BCUT2D eigenvalue weighted by atomic mass is 28.4. The molecule has 2 rings (SSSR count). The van der Waals surface area contributed by atoms with Crippen molar-refractivity contribution in [2.24, 2.45) is 0 Å². The molecule has 8 heteroatoms. The molecule has 0 aromatic rings. The molecule has 6 nitrogen and oxygen atoms in total. The summed E-state index contributed by atoms with van der Waals surface area (Å²) in [5.41, 5.74) is -0.0719. The molecule has 0 aromatic carbocycles. The van der Waals surface area contributed by atoms with Crippen molar-refractivity contribution in [1.82, 2.24) is 0 Å². The second-order valence-corrected chi connectivity index (χ2v) is 23.6. The van der Waals surface area contributed by atoms with Crippen LogP contribution in [0.5, 0.6) is 0 Å². The van der Waals surface area contributed by atoms with Crippen molar-refractivity contribution < 1.29 is 28.5 Å². The fourth-order valence-electron chi connectivity index (χ4n) is 4.03. The quantitative estimate of drug-likeness (QED) is 0.255. The average molecular weight is 591 g/mol. The number of ether oxygens (including phenoxy) is 2. The topological polar surface area (TPSA) is 77.4 Å². The van der Waals surface area contributed by atoms with Gasteiger partial charge in [0.1, 0.15) is 18.3 Å². The zero-order chi connectivity index (χ0) is 30.4. The van der Waals surface area contributed by atoms with Crippen LogP contribution in [0, 0.1) is 23.7 Å². The van der Waals surface area contributed by atoms with E-state index in [0.29, 0.717) is 12.2 Å². The van der Waals surface area contributed by atoms with E-state index in [1.807, 2.05) is 19.1 Å². The lowest BCUT2D eigenvalue weighted by Gasteiger charge is -2.46. The summed E-state index contributed by atoms with van der Waals surface area (Å²) in [6.45, 7) is 24.8. The summed E-state index contributed by atoms with van der Waals surface area (Å²) in [4.78, 5) is 0. The Bertz CT molecular complexity index is 1040. The fourth-order valence-corrected chi connectivity index (χ4v) is 6.57. The van der Waals surface area contributed by atoms with E-state index in [2.05, 4.69) is 91.4 Å². The summed E-state index contributed by atoms with van der Waals surface area (Å²) in [6, 6.07) is 0. The maximum absolute atomic E-state index is 12.3. The van der Waals surface area contributed by atoms with Gasteiger partial charge < -0.3 is 28.5 Å². The minimum absolute atomic E-state index is 0.0209. The van der Waals surface area contributed by atoms with Crippen LogP contribution < -0.4 is 0 Å². The van der Waals surface area contributed by atoms with Crippen LogP contribution in [0.2, 0.25) is 36.3 Å². The summed E-state index contributed by atoms with van der Waals surface area (Å²) >= 11 is 0. The number of aliphatic hydroxyl groups excluding tert-OH is 1. The van der Waals surface area contributed by atoms with Crippen LogP contribution in [0.15, 0.2) is 23.3 Å². The van der Waals surface area contributed by atoms with Crippen molar-refractivity contribution in [1.29, 1.82) is 0 Å². The third-order valence-electron chi connectivity index (χ3n) is 8.80. The van der Waals surface area contributed by atoms with Gasteiger partial charge in [-0.05, 0) is 80.2 Å². The van der Waals surface area contributed by atoms with E-state index in [1.165, 1.54) is 0 Å². The Morgan fingerprint density at radius 2 is 1.68 bits per heavy atom. The van der Waals surface area contributed by atoms with Crippen molar-refractivity contribution >= 4 is 16.6 Å². The standard InChI is InChI=1S/C32H54O6Si2/c1-25(19-23-36-28-16-12-15-22-35-28)17-18-26-24-27(37-39(8,9)30(2,3)4)29(32(26,34)20-13-14-21-33)38-40(10,11)31(5,6)7/h19,24,27-29,33-34H,12,15-16,20-23H2,1-11H3/b25-19-/t27-,28?,29+,32?/m1/s1. The highest BCUT2D eigenvalue weighted by Gasteiger charge is 2.55. The van der Waals surface area contributed by atoms with Crippen LogP contribution in [0.1, 0.15) is 74.1 Å². The summed E-state index contributed by atoms with van der Waals surface area (Å²) in [5, 5.41) is 21.6. The minimum Gasteiger partial charge on any atom is -0.408 e. The smallest absolute Gasteiger partial charge is 0.193 e. The van der Waals surface area contributed by atoms with Gasteiger partial charge >= 0.3 is 0 Å². The van der Waals surface area contributed by atoms with E-state index < -0.39 is 34.4 Å². The van der Waals surface area contributed by atoms with Crippen LogP contribution >= 0.6 is 0 Å². The van der Waals surface area contributed by atoms with E-state index >= 15 is 0 Å². The molecule has 0 aromatic heterocycles. The largest absolute Gasteiger partial charge is 0.408 e. The molecule has 2 aliphatic rings. The summed E-state index contributed by atoms with van der Waals surface area (Å²) in [6.07, 6.45) is 5.83. The normalized spacial score (nSPS) is 26.5. The first kappa shape index (κ1) is 35.0. The zero-order valence-electron chi connectivity index (χ0n) is 26.9. The van der Waals surface area contributed by atoms with E-state index in [1.54, 1.807) is 0 Å². The molecule has 1 aliphatic heterocycles. The molecule has 1 fully saturated rings. The monoisotopic (exact) mass is 590 g/mol. The second-order valence-electron chi connectivity index (χ2n) is 14.1. The maximum Gasteiger partial charge on any atom is 0.193 e. The Labute approximate surface area is 246 Å². The van der Waals surface area contributed by atoms with E-state index in [0.717, 1.165) is 31.4 Å². The first-order valence-corrected chi connectivity index (χ1v) is 20.4. The van der Waals surface area contributed by atoms with Crippen LogP contribution in [-0.2, 0) is 18.3 Å². The summed E-state index contributed by atoms with van der Waals surface area (Å²) < 4.78 is 25.3. The molecule has 1 heterocycles. The lowest BCUT2D eigenvalue weighted by atomic mass is 9.89. The van der Waals surface area contributed by atoms with Gasteiger partial charge in [0.25, 0.3) is 0 Å². The van der Waals surface area contributed by atoms with E-state index in [4.69, 9.17) is 18.3 Å². The van der Waals surface area contributed by atoms with Crippen LogP contribution in [0.25, 0.3) is 0 Å². The SMILES string of the molecule is C/C(C#CC1=C[C@@H](O[Si](C)(C)C(C)(C)C)[C@H](O[Si](C)(C)C(C)(C)C)C1(O)CC#CCO)=C/COC1CCCCO1. The molecule has 0 saturated carbocycles. The van der Waals surface area contributed by atoms with Gasteiger partial charge in [-0.3, -0.25) is 0 Å². The van der Waals surface area contributed by atoms with Crippen molar-refractivity contribution in [2.75, 3.05) is 19.8 Å². The van der Waals surface area contributed by atoms with Crippen molar-refractivity contribution in [3.8, 4) is 23.7 Å². The Morgan fingerprint density at radius 1 is 1.05 bits per heavy atom. The number of hydrogen-bond acceptors (Lipinski definition) is 6. The van der Waals surface area contributed by atoms with E-state index in [-0.39, 0.29) is 29.4 Å². The lowest BCUT2D eigenvalue weighted by Crippen LogP contribution is -2.57. The van der Waals surface area contributed by atoms with Crippen LogP contribution in [0.3, 0.4) is 0 Å². The maximum atomic E-state index is 12.3. The van der Waals surface area contributed by atoms with Gasteiger partial charge in [-0.15, -0.1) is 0 Å². The van der Waals surface area contributed by atoms with E-state index in [9.17, 15) is 10.2 Å². The molecule has 2 N–H and O–H groups in total. The molecule has 0 radical (unpaired) electrons. The van der Waals surface area contributed by atoms with Gasteiger partial charge in [-0.2, -0.15) is 0 Å². The fraction of sp³-hybridized carbons (Fsp3) is 0.750. The molecule has 0 amide bonds. The molecule has 226 valence electrons. The number of rotatable bonds is 8. The highest BCUT2D eigenvalue weighted by molar-refractivity contribution is 6.74. The predicted octanol–water partition coefficient (Wildman–Crippen LogP) is 6.32. The van der Waals surface area contributed by atoms with Gasteiger partial charge in [0, 0.05) is 18.6 Å². The van der Waals surface area contributed by atoms with Gasteiger partial charge in [0.15, 0.2) is 22.9 Å². The first-order chi connectivity index (χ1) is 18.3. The average Bonchev–Trinajstić information content (AvgIpc) is 3.07. The van der Waals surface area contributed by atoms with Gasteiger partial charge in [0.2, 0.25) is 0 Å². The minimum atomic E-state index is -2.32. The molecular weight excluding hydrogens is 537 g/mol. The Balaban J connectivity index is 2.46. The second kappa shape index (κ2) is 13.8. The third-order valence-corrected chi connectivity index (χ3v) is 17.7. The Hall–Kier alpha value is -1.21. The first-order valence-electron chi connectivity index (χ1n) is 14.6. The molecule has 1 saturated heterocycles. The number of hydrogen-bond donors (Lipinski definition) is 2. The number of allylic oxidation sites excluding steroid dienone is 1. The molecule has 1 aliphatic carbocycles. The van der Waals surface area contributed by atoms with Crippen molar-refractivity contribution in [3.05, 3.63) is 23.3 Å². The molecule has 40 heavy (non-hydrogen) atoms. The third kappa shape index (κ3) is 9.15. The Kier molecular flexibility index (Phi) is 12.1. The van der Waals surface area contributed by atoms with Crippen molar-refractivity contribution in [2.45, 2.75) is 135 Å². The van der Waals surface area contributed by atoms with Crippen molar-refractivity contribution in [3.63, 3.8) is 0 Å². The lowest BCUT2D eigenvalue weighted by molar-refractivity contribution is -0.155. The predicted molar refractivity (Wildman–Crippen MR) is 168 cm³/mol. The van der Waals surface area contributed by atoms with Crippen LogP contribution in [-0.4, -0.2) is 70.8 Å². The number of aliphatic hydroxyl groups is 2. The molecule has 4 atom stereocenters. The molecular formula is C32H54O6Si2. The molecule has 0 bridgehead atoms. The van der Waals surface area contributed by atoms with Gasteiger partial charge in [0.05, 0.1) is 12.7 Å². The zero-order valence-corrected chi connectivity index (χ0v) is 28.9. The van der Waals surface area contributed by atoms with Gasteiger partial charge in [-0.25, -0.2) is 0 Å².